The summed E-state index contributed by atoms with van der Waals surface area (Å²) in [5.74, 6) is 0. The summed E-state index contributed by atoms with van der Waals surface area (Å²) in [5, 5.41) is 7.77. The average Bonchev–Trinajstić information content (AvgIpc) is 3.50. The Labute approximate surface area is 285 Å². The zero-order valence-electron chi connectivity index (χ0n) is 27.5. The highest BCUT2D eigenvalue weighted by Gasteiger charge is 2.53. The Morgan fingerprint density at radius 1 is 0.408 bits per heavy atom. The van der Waals surface area contributed by atoms with Crippen LogP contribution in [0.5, 0.6) is 0 Å². The van der Waals surface area contributed by atoms with Gasteiger partial charge in [0, 0.05) is 16.2 Å². The van der Waals surface area contributed by atoms with Crippen molar-refractivity contribution in [3.05, 3.63) is 197 Å². The SMILES string of the molecule is CC1(C)c2ccccc2C2(c3ccccc3-n3c4ccccc4c4cccc2c43)c2cccc(-c3cc4ccccc4c4ccccc34)c21. The van der Waals surface area contributed by atoms with Crippen molar-refractivity contribution in [3.63, 3.8) is 0 Å². The van der Waals surface area contributed by atoms with Crippen molar-refractivity contribution < 1.29 is 0 Å². The normalized spacial score (nSPS) is 17.0. The molecule has 0 saturated heterocycles. The van der Waals surface area contributed by atoms with Gasteiger partial charge in [0.2, 0.25) is 0 Å². The van der Waals surface area contributed by atoms with Crippen LogP contribution in [0.25, 0.3) is 60.2 Å². The van der Waals surface area contributed by atoms with Crippen molar-refractivity contribution >= 4 is 43.4 Å². The molecule has 1 aliphatic carbocycles. The van der Waals surface area contributed by atoms with Crippen molar-refractivity contribution in [1.29, 1.82) is 0 Å². The molecule has 2 aliphatic rings. The molecule has 11 rings (SSSR count). The van der Waals surface area contributed by atoms with Gasteiger partial charge in [-0.15, -0.1) is 0 Å². The highest BCUT2D eigenvalue weighted by Crippen LogP contribution is 2.62. The molecule has 1 atom stereocenters. The Hall–Kier alpha value is -5.92. The molecule has 8 aromatic carbocycles. The average molecular weight is 624 g/mol. The summed E-state index contributed by atoms with van der Waals surface area (Å²) < 4.78 is 2.53. The fraction of sp³-hybridized carbons (Fsp3) is 0.0833. The van der Waals surface area contributed by atoms with Gasteiger partial charge >= 0.3 is 0 Å². The second kappa shape index (κ2) is 9.36. The van der Waals surface area contributed by atoms with Gasteiger partial charge < -0.3 is 4.57 Å². The Kier molecular flexibility index (Phi) is 5.17. The second-order valence-corrected chi connectivity index (χ2v) is 14.4. The first-order valence-electron chi connectivity index (χ1n) is 17.4. The van der Waals surface area contributed by atoms with Gasteiger partial charge in [-0.25, -0.2) is 0 Å². The highest BCUT2D eigenvalue weighted by atomic mass is 15.0. The third-order valence-electron chi connectivity index (χ3n) is 11.8. The van der Waals surface area contributed by atoms with Crippen LogP contribution in [0.15, 0.2) is 164 Å². The molecule has 1 aliphatic heterocycles. The molecule has 0 bridgehead atoms. The van der Waals surface area contributed by atoms with Crippen LogP contribution >= 0.6 is 0 Å². The van der Waals surface area contributed by atoms with Crippen molar-refractivity contribution in [1.82, 2.24) is 4.57 Å². The van der Waals surface area contributed by atoms with E-state index < -0.39 is 5.41 Å². The molecule has 230 valence electrons. The number of para-hydroxylation sites is 3. The van der Waals surface area contributed by atoms with Crippen LogP contribution in [-0.2, 0) is 10.8 Å². The molecule has 49 heavy (non-hydrogen) atoms. The van der Waals surface area contributed by atoms with E-state index in [1.807, 2.05) is 0 Å². The van der Waals surface area contributed by atoms with Gasteiger partial charge in [-0.05, 0) is 84.3 Å². The zero-order valence-corrected chi connectivity index (χ0v) is 27.5. The first kappa shape index (κ1) is 27.1. The zero-order chi connectivity index (χ0) is 32.5. The maximum absolute atomic E-state index is 2.53. The van der Waals surface area contributed by atoms with Crippen LogP contribution in [0.2, 0.25) is 0 Å². The molecular formula is C48H33N. The number of aromatic nitrogens is 1. The molecule has 0 saturated carbocycles. The van der Waals surface area contributed by atoms with E-state index in [0.717, 1.165) is 0 Å². The number of benzene rings is 8. The largest absolute Gasteiger partial charge is 0.309 e. The van der Waals surface area contributed by atoms with E-state index in [2.05, 4.69) is 182 Å². The second-order valence-electron chi connectivity index (χ2n) is 14.4. The van der Waals surface area contributed by atoms with E-state index in [-0.39, 0.29) is 5.41 Å². The Balaban J connectivity index is 1.36. The number of hydrogen-bond acceptors (Lipinski definition) is 0. The van der Waals surface area contributed by atoms with E-state index in [1.165, 1.54) is 93.5 Å². The summed E-state index contributed by atoms with van der Waals surface area (Å²) >= 11 is 0. The van der Waals surface area contributed by atoms with E-state index in [9.17, 15) is 0 Å². The first-order valence-corrected chi connectivity index (χ1v) is 17.4. The summed E-state index contributed by atoms with van der Waals surface area (Å²) in [6.07, 6.45) is 0. The summed E-state index contributed by atoms with van der Waals surface area (Å²) in [7, 11) is 0. The predicted molar refractivity (Wildman–Crippen MR) is 205 cm³/mol. The van der Waals surface area contributed by atoms with Gasteiger partial charge in [0.15, 0.2) is 0 Å². The summed E-state index contributed by atoms with van der Waals surface area (Å²) in [4.78, 5) is 0. The lowest BCUT2D eigenvalue weighted by atomic mass is 9.52. The van der Waals surface area contributed by atoms with Crippen molar-refractivity contribution in [2.45, 2.75) is 24.7 Å². The molecule has 1 heteroatoms. The maximum Gasteiger partial charge on any atom is 0.0748 e. The lowest BCUT2D eigenvalue weighted by molar-refractivity contribution is 0.558. The summed E-state index contributed by atoms with van der Waals surface area (Å²) in [6.45, 7) is 4.88. The van der Waals surface area contributed by atoms with Crippen molar-refractivity contribution in [2.75, 3.05) is 0 Å². The number of hydrogen-bond donors (Lipinski definition) is 0. The molecule has 0 N–H and O–H groups in total. The van der Waals surface area contributed by atoms with Crippen LogP contribution in [0.3, 0.4) is 0 Å². The van der Waals surface area contributed by atoms with Gasteiger partial charge in [-0.2, -0.15) is 0 Å². The van der Waals surface area contributed by atoms with Gasteiger partial charge in [0.25, 0.3) is 0 Å². The monoisotopic (exact) mass is 623 g/mol. The van der Waals surface area contributed by atoms with E-state index in [4.69, 9.17) is 0 Å². The quantitative estimate of drug-likeness (QED) is 0.160. The third kappa shape index (κ3) is 3.21. The van der Waals surface area contributed by atoms with Crippen molar-refractivity contribution in [2.24, 2.45) is 0 Å². The Morgan fingerprint density at radius 3 is 1.86 bits per heavy atom. The first-order chi connectivity index (χ1) is 24.1. The molecule has 1 nitrogen and oxygen atoms in total. The minimum absolute atomic E-state index is 0.256. The predicted octanol–water partition coefficient (Wildman–Crippen LogP) is 12.1. The topological polar surface area (TPSA) is 4.93 Å². The van der Waals surface area contributed by atoms with Crippen molar-refractivity contribution in [3.8, 4) is 16.8 Å². The number of nitrogens with zero attached hydrogens (tertiary/aromatic N) is 1. The van der Waals surface area contributed by atoms with Crippen LogP contribution in [0, 0.1) is 0 Å². The van der Waals surface area contributed by atoms with Crippen LogP contribution in [-0.4, -0.2) is 4.57 Å². The van der Waals surface area contributed by atoms with Gasteiger partial charge in [0.05, 0.1) is 22.1 Å². The minimum atomic E-state index is -0.509. The molecule has 0 radical (unpaired) electrons. The van der Waals surface area contributed by atoms with Crippen LogP contribution in [0.4, 0.5) is 0 Å². The molecular weight excluding hydrogens is 591 g/mol. The smallest absolute Gasteiger partial charge is 0.0748 e. The fourth-order valence-electron chi connectivity index (χ4n) is 9.96. The summed E-state index contributed by atoms with van der Waals surface area (Å²) in [5.41, 5.74) is 13.9. The van der Waals surface area contributed by atoms with Gasteiger partial charge in [-0.1, -0.05) is 159 Å². The molecule has 1 unspecified atom stereocenters. The lowest BCUT2D eigenvalue weighted by Crippen LogP contribution is -2.44. The van der Waals surface area contributed by atoms with Gasteiger partial charge in [0.1, 0.15) is 0 Å². The number of rotatable bonds is 1. The highest BCUT2D eigenvalue weighted by molar-refractivity contribution is 6.15. The van der Waals surface area contributed by atoms with E-state index >= 15 is 0 Å². The lowest BCUT2D eigenvalue weighted by Gasteiger charge is -2.50. The van der Waals surface area contributed by atoms with Crippen LogP contribution < -0.4 is 0 Å². The van der Waals surface area contributed by atoms with Crippen LogP contribution in [0.1, 0.15) is 47.2 Å². The van der Waals surface area contributed by atoms with E-state index in [1.54, 1.807) is 0 Å². The van der Waals surface area contributed by atoms with Gasteiger partial charge in [-0.3, -0.25) is 0 Å². The molecule has 2 heterocycles. The molecule has 1 aromatic heterocycles. The molecule has 1 spiro atoms. The number of fused-ring (bicyclic) bond motifs is 14. The minimum Gasteiger partial charge on any atom is -0.309 e. The Morgan fingerprint density at radius 2 is 1.00 bits per heavy atom. The maximum atomic E-state index is 2.53. The molecule has 0 amide bonds. The summed E-state index contributed by atoms with van der Waals surface area (Å²) in [6, 6.07) is 61.7. The third-order valence-corrected chi connectivity index (χ3v) is 11.8. The Bertz CT molecular complexity index is 2870. The standard InChI is InChI=1S/C48H33N/c1-47(2)38-22-8-9-23-39(38)48(40-24-10-12-28-44(40)49-43-27-11-7-19-34(43)36-21-14-26-42(48)46(36)49)41-25-13-20-35(45(41)47)37-29-30-15-3-4-16-31(30)32-17-5-6-18-33(32)37/h3-29H,1-2H3. The molecule has 0 fully saturated rings. The fourth-order valence-corrected chi connectivity index (χ4v) is 9.96. The van der Waals surface area contributed by atoms with E-state index in [0.29, 0.717) is 0 Å². The molecule has 9 aromatic rings.